The summed E-state index contributed by atoms with van der Waals surface area (Å²) in [4.78, 5) is 12.0. The molecular weight excluding hydrogens is 343 g/mol. The Kier molecular flexibility index (Phi) is 5.23. The predicted octanol–water partition coefficient (Wildman–Crippen LogP) is 2.93. The van der Waals surface area contributed by atoms with Crippen LogP contribution in [-0.2, 0) is 14.6 Å². The number of hydrogen-bond acceptors (Lipinski definition) is 4. The van der Waals surface area contributed by atoms with Gasteiger partial charge in [-0.2, -0.15) is 0 Å². The van der Waals surface area contributed by atoms with Gasteiger partial charge in [-0.05, 0) is 30.3 Å². The van der Waals surface area contributed by atoms with Crippen LogP contribution in [0.3, 0.4) is 0 Å². The highest BCUT2D eigenvalue weighted by molar-refractivity contribution is 7.90. The van der Waals surface area contributed by atoms with Crippen LogP contribution in [0.25, 0.3) is 0 Å². The summed E-state index contributed by atoms with van der Waals surface area (Å²) in [6.45, 7) is -0.241. The first-order valence-electron chi connectivity index (χ1n) is 6.55. The van der Waals surface area contributed by atoms with Crippen molar-refractivity contribution in [1.82, 2.24) is 0 Å². The summed E-state index contributed by atoms with van der Waals surface area (Å²) < 4.78 is 36.9. The molecular formula is C15H14ClFN2O3S. The zero-order valence-corrected chi connectivity index (χ0v) is 13.7. The van der Waals surface area contributed by atoms with E-state index in [-0.39, 0.29) is 22.8 Å². The summed E-state index contributed by atoms with van der Waals surface area (Å²) in [6, 6.07) is 9.98. The quantitative estimate of drug-likeness (QED) is 0.863. The van der Waals surface area contributed by atoms with Gasteiger partial charge >= 0.3 is 0 Å². The molecule has 2 N–H and O–H groups in total. The Morgan fingerprint density at radius 2 is 1.87 bits per heavy atom. The molecule has 0 unspecified atom stereocenters. The summed E-state index contributed by atoms with van der Waals surface area (Å²) in [5.41, 5.74) is 0.261. The highest BCUT2D eigenvalue weighted by Gasteiger charge is 2.14. The lowest BCUT2D eigenvalue weighted by Crippen LogP contribution is -2.23. The fourth-order valence-corrected chi connectivity index (χ4v) is 2.91. The third-order valence-electron chi connectivity index (χ3n) is 2.93. The summed E-state index contributed by atoms with van der Waals surface area (Å²) in [5.74, 6) is -1.06. The van der Waals surface area contributed by atoms with Gasteiger partial charge in [-0.3, -0.25) is 4.79 Å². The van der Waals surface area contributed by atoms with Crippen molar-refractivity contribution >= 4 is 38.7 Å². The summed E-state index contributed by atoms with van der Waals surface area (Å²) in [7, 11) is -3.47. The van der Waals surface area contributed by atoms with Gasteiger partial charge in [0.15, 0.2) is 9.84 Å². The van der Waals surface area contributed by atoms with Crippen molar-refractivity contribution in [3.05, 3.63) is 53.3 Å². The molecule has 5 nitrogen and oxygen atoms in total. The van der Waals surface area contributed by atoms with Gasteiger partial charge in [0.05, 0.1) is 22.8 Å². The Bertz CT molecular complexity index is 840. The summed E-state index contributed by atoms with van der Waals surface area (Å²) in [5, 5.41) is 5.43. The van der Waals surface area contributed by atoms with Crippen molar-refractivity contribution in [2.24, 2.45) is 0 Å². The number of para-hydroxylation sites is 1. The minimum atomic E-state index is -3.47. The molecule has 2 aromatic rings. The number of sulfone groups is 1. The average Bonchev–Trinajstić information content (AvgIpc) is 2.47. The largest absolute Gasteiger partial charge is 0.374 e. The lowest BCUT2D eigenvalue weighted by atomic mass is 10.3. The van der Waals surface area contributed by atoms with Crippen LogP contribution >= 0.6 is 11.6 Å². The molecule has 0 saturated carbocycles. The number of nitrogens with one attached hydrogen (secondary N) is 2. The average molecular weight is 357 g/mol. The smallest absolute Gasteiger partial charge is 0.243 e. The van der Waals surface area contributed by atoms with E-state index in [9.17, 15) is 17.6 Å². The molecule has 0 radical (unpaired) electrons. The number of amides is 1. The molecule has 0 aromatic heterocycles. The van der Waals surface area contributed by atoms with E-state index < -0.39 is 21.6 Å². The lowest BCUT2D eigenvalue weighted by Gasteiger charge is -2.11. The fourth-order valence-electron chi connectivity index (χ4n) is 1.90. The molecule has 23 heavy (non-hydrogen) atoms. The normalized spacial score (nSPS) is 11.1. The Hall–Kier alpha value is -2.12. The van der Waals surface area contributed by atoms with Gasteiger partial charge in [-0.25, -0.2) is 12.8 Å². The molecule has 0 spiro atoms. The monoisotopic (exact) mass is 356 g/mol. The molecule has 2 aromatic carbocycles. The van der Waals surface area contributed by atoms with Crippen molar-refractivity contribution in [1.29, 1.82) is 0 Å². The van der Waals surface area contributed by atoms with Gasteiger partial charge in [0.2, 0.25) is 5.91 Å². The van der Waals surface area contributed by atoms with E-state index in [0.717, 1.165) is 6.26 Å². The Labute approximate surface area is 138 Å². The molecule has 0 heterocycles. The van der Waals surface area contributed by atoms with Crippen LogP contribution in [0.15, 0.2) is 47.4 Å². The molecule has 0 bridgehead atoms. The molecule has 0 fully saturated rings. The van der Waals surface area contributed by atoms with Crippen LogP contribution in [0, 0.1) is 5.82 Å². The van der Waals surface area contributed by atoms with Gasteiger partial charge in [0.1, 0.15) is 5.82 Å². The van der Waals surface area contributed by atoms with Crippen LogP contribution in [0.4, 0.5) is 15.8 Å². The van der Waals surface area contributed by atoms with Crippen LogP contribution in [-0.4, -0.2) is 27.1 Å². The van der Waals surface area contributed by atoms with Gasteiger partial charge < -0.3 is 10.6 Å². The van der Waals surface area contributed by atoms with Crippen molar-refractivity contribution in [2.75, 3.05) is 23.4 Å². The fraction of sp³-hybridized carbons (Fsp3) is 0.133. The number of hydrogen-bond donors (Lipinski definition) is 2. The van der Waals surface area contributed by atoms with Gasteiger partial charge in [0, 0.05) is 11.3 Å². The van der Waals surface area contributed by atoms with Gasteiger partial charge in [-0.15, -0.1) is 0 Å². The number of anilines is 2. The second-order valence-electron chi connectivity index (χ2n) is 4.79. The molecule has 122 valence electrons. The van der Waals surface area contributed by atoms with Crippen molar-refractivity contribution in [2.45, 2.75) is 4.90 Å². The van der Waals surface area contributed by atoms with Crippen LogP contribution in [0.5, 0.6) is 0 Å². The molecule has 8 heteroatoms. The molecule has 1 amide bonds. The SMILES string of the molecule is CS(=O)(=O)c1ccccc1NC(=O)CNc1cc(Cl)ccc1F. The first-order valence-corrected chi connectivity index (χ1v) is 8.82. The minimum absolute atomic E-state index is 0.0160. The third-order valence-corrected chi connectivity index (χ3v) is 4.32. The number of rotatable bonds is 5. The lowest BCUT2D eigenvalue weighted by molar-refractivity contribution is -0.114. The van der Waals surface area contributed by atoms with Crippen molar-refractivity contribution < 1.29 is 17.6 Å². The molecule has 0 aliphatic heterocycles. The number of benzene rings is 2. The molecule has 0 atom stereocenters. The molecule has 0 saturated heterocycles. The Balaban J connectivity index is 2.08. The number of halogens is 2. The van der Waals surface area contributed by atoms with E-state index in [0.29, 0.717) is 5.02 Å². The molecule has 0 aliphatic carbocycles. The minimum Gasteiger partial charge on any atom is -0.374 e. The first-order chi connectivity index (χ1) is 10.8. The Morgan fingerprint density at radius 1 is 1.17 bits per heavy atom. The van der Waals surface area contributed by atoms with E-state index >= 15 is 0 Å². The van der Waals surface area contributed by atoms with E-state index in [1.54, 1.807) is 12.1 Å². The van der Waals surface area contributed by atoms with Crippen LogP contribution in [0.1, 0.15) is 0 Å². The van der Waals surface area contributed by atoms with E-state index in [4.69, 9.17) is 11.6 Å². The highest BCUT2D eigenvalue weighted by Crippen LogP contribution is 2.21. The maximum atomic E-state index is 13.5. The number of carbonyl (C=O) groups excluding carboxylic acids is 1. The van der Waals surface area contributed by atoms with Gasteiger partial charge in [-0.1, -0.05) is 23.7 Å². The van der Waals surface area contributed by atoms with Crippen molar-refractivity contribution in [3.63, 3.8) is 0 Å². The first kappa shape index (κ1) is 17.2. The molecule has 2 rings (SSSR count). The van der Waals surface area contributed by atoms with Gasteiger partial charge in [0.25, 0.3) is 0 Å². The topological polar surface area (TPSA) is 75.3 Å². The third kappa shape index (κ3) is 4.67. The Morgan fingerprint density at radius 3 is 2.57 bits per heavy atom. The van der Waals surface area contributed by atoms with E-state index in [1.165, 1.54) is 30.3 Å². The van der Waals surface area contributed by atoms with Crippen LogP contribution < -0.4 is 10.6 Å². The maximum absolute atomic E-state index is 13.5. The predicted molar refractivity (Wildman–Crippen MR) is 88.1 cm³/mol. The summed E-state index contributed by atoms with van der Waals surface area (Å²) >= 11 is 5.76. The summed E-state index contributed by atoms with van der Waals surface area (Å²) in [6.07, 6.45) is 1.05. The zero-order valence-electron chi connectivity index (χ0n) is 12.1. The number of carbonyl (C=O) groups is 1. The maximum Gasteiger partial charge on any atom is 0.243 e. The zero-order chi connectivity index (χ0) is 17.0. The molecule has 0 aliphatic rings. The van der Waals surface area contributed by atoms with Crippen LogP contribution in [0.2, 0.25) is 5.02 Å². The standard InChI is InChI=1S/C15H14ClFN2O3S/c1-23(21,22)14-5-3-2-4-12(14)19-15(20)9-18-13-8-10(16)6-7-11(13)17/h2-8,18H,9H2,1H3,(H,19,20). The van der Waals surface area contributed by atoms with Crippen molar-refractivity contribution in [3.8, 4) is 0 Å². The second kappa shape index (κ2) is 6.97. The van der Waals surface area contributed by atoms with E-state index in [1.807, 2.05) is 0 Å². The second-order valence-corrected chi connectivity index (χ2v) is 7.21. The van der Waals surface area contributed by atoms with E-state index in [2.05, 4.69) is 10.6 Å². The highest BCUT2D eigenvalue weighted by atomic mass is 35.5.